The number of nitrogens with zero attached hydrogens (tertiary/aromatic N) is 3. The van der Waals surface area contributed by atoms with Gasteiger partial charge in [-0.1, -0.05) is 35.5 Å². The normalized spacial score (nSPS) is 12.3. The van der Waals surface area contributed by atoms with Crippen LogP contribution in [0.1, 0.15) is 17.3 Å². The van der Waals surface area contributed by atoms with Crippen LogP contribution >= 0.6 is 0 Å². The van der Waals surface area contributed by atoms with Crippen LogP contribution in [0, 0.1) is 0 Å². The van der Waals surface area contributed by atoms with E-state index in [1.807, 2.05) is 30.3 Å². The number of carbonyl (C=O) groups is 1. The number of hydrogen-bond acceptors (Lipinski definition) is 4. The van der Waals surface area contributed by atoms with Gasteiger partial charge in [-0.2, -0.15) is 5.21 Å². The van der Waals surface area contributed by atoms with Gasteiger partial charge in [-0.3, -0.25) is 0 Å². The Hall–Kier alpha value is -2.04. The van der Waals surface area contributed by atoms with Crippen molar-refractivity contribution < 1.29 is 4.79 Å². The number of aromatic amines is 1. The Labute approximate surface area is 86.5 Å². The number of tetrazole rings is 1. The highest BCUT2D eigenvalue weighted by atomic mass is 16.1. The smallest absolute Gasteiger partial charge is 0.175 e. The predicted octanol–water partition coefficient (Wildman–Crippen LogP) is 0.725. The molecule has 1 aromatic carbocycles. The molecule has 0 saturated heterocycles. The van der Waals surface area contributed by atoms with Gasteiger partial charge in [0.05, 0.1) is 0 Å². The highest BCUT2D eigenvalue weighted by Gasteiger charge is 2.13. The second-order valence-electron chi connectivity index (χ2n) is 3.19. The van der Waals surface area contributed by atoms with E-state index in [1.54, 1.807) is 0 Å². The molecule has 0 saturated carbocycles. The Bertz CT molecular complexity index is 412. The Kier molecular flexibility index (Phi) is 2.82. The summed E-state index contributed by atoms with van der Waals surface area (Å²) >= 11 is 0. The summed E-state index contributed by atoms with van der Waals surface area (Å²) in [6.07, 6.45) is 1.38. The number of H-pyrrole nitrogens is 1. The first-order chi connectivity index (χ1) is 7.40. The molecule has 5 nitrogen and oxygen atoms in total. The number of benzene rings is 1. The van der Waals surface area contributed by atoms with Gasteiger partial charge in [-0.15, -0.1) is 10.2 Å². The van der Waals surface area contributed by atoms with Crippen LogP contribution in [-0.2, 0) is 11.2 Å². The second kappa shape index (κ2) is 4.45. The SMILES string of the molecule is O=CC(Cc1nn[nH]n1)c1ccccc1. The van der Waals surface area contributed by atoms with Crippen molar-refractivity contribution in [2.45, 2.75) is 12.3 Å². The summed E-state index contributed by atoms with van der Waals surface area (Å²) in [5, 5.41) is 13.5. The Balaban J connectivity index is 2.15. The molecule has 1 aromatic heterocycles. The minimum Gasteiger partial charge on any atom is -0.303 e. The average Bonchev–Trinajstić information content (AvgIpc) is 2.80. The van der Waals surface area contributed by atoms with E-state index in [-0.39, 0.29) is 5.92 Å². The maximum atomic E-state index is 10.9. The zero-order chi connectivity index (χ0) is 10.5. The molecule has 0 fully saturated rings. The third kappa shape index (κ3) is 2.25. The van der Waals surface area contributed by atoms with E-state index in [0.29, 0.717) is 12.2 Å². The lowest BCUT2D eigenvalue weighted by Gasteiger charge is -2.06. The lowest BCUT2D eigenvalue weighted by Crippen LogP contribution is -2.05. The van der Waals surface area contributed by atoms with E-state index in [1.165, 1.54) is 0 Å². The summed E-state index contributed by atoms with van der Waals surface area (Å²) in [5.41, 5.74) is 0.970. The van der Waals surface area contributed by atoms with E-state index in [9.17, 15) is 4.79 Å². The van der Waals surface area contributed by atoms with Crippen LogP contribution in [0.5, 0.6) is 0 Å². The standard InChI is InChI=1S/C10H10N4O/c15-7-9(6-10-11-13-14-12-10)8-4-2-1-3-5-8/h1-5,7,9H,6H2,(H,11,12,13,14). The van der Waals surface area contributed by atoms with Gasteiger partial charge in [0.15, 0.2) is 5.82 Å². The molecule has 1 atom stereocenters. The molecule has 1 heterocycles. The van der Waals surface area contributed by atoms with Crippen molar-refractivity contribution >= 4 is 6.29 Å². The van der Waals surface area contributed by atoms with Crippen molar-refractivity contribution in [3.63, 3.8) is 0 Å². The molecule has 0 radical (unpaired) electrons. The van der Waals surface area contributed by atoms with Gasteiger partial charge in [-0.05, 0) is 5.56 Å². The molecule has 0 bridgehead atoms. The van der Waals surface area contributed by atoms with Crippen molar-refractivity contribution in [2.75, 3.05) is 0 Å². The van der Waals surface area contributed by atoms with Gasteiger partial charge >= 0.3 is 0 Å². The minimum atomic E-state index is -0.205. The van der Waals surface area contributed by atoms with Gasteiger partial charge in [0.25, 0.3) is 0 Å². The van der Waals surface area contributed by atoms with Crippen LogP contribution in [0.4, 0.5) is 0 Å². The van der Waals surface area contributed by atoms with E-state index in [2.05, 4.69) is 20.6 Å². The van der Waals surface area contributed by atoms with Gasteiger partial charge in [-0.25, -0.2) is 0 Å². The molecule has 0 spiro atoms. The summed E-state index contributed by atoms with van der Waals surface area (Å²) in [6.45, 7) is 0. The molecule has 76 valence electrons. The van der Waals surface area contributed by atoms with E-state index < -0.39 is 0 Å². The highest BCUT2D eigenvalue weighted by Crippen LogP contribution is 2.16. The molecule has 5 heteroatoms. The first kappa shape index (κ1) is 9.51. The van der Waals surface area contributed by atoms with Crippen LogP contribution in [-0.4, -0.2) is 26.9 Å². The third-order valence-electron chi connectivity index (χ3n) is 2.18. The second-order valence-corrected chi connectivity index (χ2v) is 3.19. The minimum absolute atomic E-state index is 0.205. The Morgan fingerprint density at radius 3 is 2.73 bits per heavy atom. The fourth-order valence-corrected chi connectivity index (χ4v) is 1.41. The maximum absolute atomic E-state index is 10.9. The van der Waals surface area contributed by atoms with Crippen LogP contribution < -0.4 is 0 Å². The predicted molar refractivity (Wildman–Crippen MR) is 53.1 cm³/mol. The summed E-state index contributed by atoms with van der Waals surface area (Å²) in [7, 11) is 0. The lowest BCUT2D eigenvalue weighted by molar-refractivity contribution is -0.109. The van der Waals surface area contributed by atoms with Crippen molar-refractivity contribution in [2.24, 2.45) is 0 Å². The topological polar surface area (TPSA) is 71.5 Å². The molecule has 1 N–H and O–H groups in total. The number of aldehydes is 1. The summed E-state index contributed by atoms with van der Waals surface area (Å²) in [4.78, 5) is 10.9. The molecule has 2 rings (SSSR count). The number of carbonyl (C=O) groups excluding carboxylic acids is 1. The van der Waals surface area contributed by atoms with Crippen LogP contribution in [0.2, 0.25) is 0 Å². The van der Waals surface area contributed by atoms with Crippen molar-refractivity contribution in [3.8, 4) is 0 Å². The van der Waals surface area contributed by atoms with Crippen LogP contribution in [0.15, 0.2) is 30.3 Å². The fourth-order valence-electron chi connectivity index (χ4n) is 1.41. The van der Waals surface area contributed by atoms with Gasteiger partial charge in [0.2, 0.25) is 0 Å². The molecule has 0 aliphatic rings. The van der Waals surface area contributed by atoms with Gasteiger partial charge in [0.1, 0.15) is 6.29 Å². The first-order valence-electron chi connectivity index (χ1n) is 4.62. The highest BCUT2D eigenvalue weighted by molar-refractivity contribution is 5.62. The summed E-state index contributed by atoms with van der Waals surface area (Å²) in [6, 6.07) is 9.56. The number of aromatic nitrogens is 4. The molecule has 2 aromatic rings. The van der Waals surface area contributed by atoms with Crippen molar-refractivity contribution in [1.29, 1.82) is 0 Å². The quantitative estimate of drug-likeness (QED) is 0.742. The summed E-state index contributed by atoms with van der Waals surface area (Å²) in [5.74, 6) is 0.347. The van der Waals surface area contributed by atoms with Gasteiger partial charge < -0.3 is 4.79 Å². The monoisotopic (exact) mass is 202 g/mol. The molecule has 15 heavy (non-hydrogen) atoms. The maximum Gasteiger partial charge on any atom is 0.175 e. The van der Waals surface area contributed by atoms with E-state index >= 15 is 0 Å². The van der Waals surface area contributed by atoms with Gasteiger partial charge in [0, 0.05) is 12.3 Å². The molecule has 0 aliphatic carbocycles. The Morgan fingerprint density at radius 2 is 2.13 bits per heavy atom. The first-order valence-corrected chi connectivity index (χ1v) is 4.62. The lowest BCUT2D eigenvalue weighted by atomic mass is 9.97. The number of rotatable bonds is 4. The van der Waals surface area contributed by atoms with Crippen molar-refractivity contribution in [1.82, 2.24) is 20.6 Å². The zero-order valence-electron chi connectivity index (χ0n) is 8.00. The molecule has 0 aliphatic heterocycles. The van der Waals surface area contributed by atoms with Crippen LogP contribution in [0.25, 0.3) is 0 Å². The molecule has 1 unspecified atom stereocenters. The molecule has 0 amide bonds. The van der Waals surface area contributed by atoms with Crippen LogP contribution in [0.3, 0.4) is 0 Å². The number of nitrogens with one attached hydrogen (secondary N) is 1. The number of hydrogen-bond donors (Lipinski definition) is 1. The molecular weight excluding hydrogens is 192 g/mol. The fraction of sp³-hybridized carbons (Fsp3) is 0.200. The third-order valence-corrected chi connectivity index (χ3v) is 2.18. The molecular formula is C10H10N4O. The largest absolute Gasteiger partial charge is 0.303 e. The Morgan fingerprint density at radius 1 is 1.33 bits per heavy atom. The summed E-state index contributed by atoms with van der Waals surface area (Å²) < 4.78 is 0. The average molecular weight is 202 g/mol. The van der Waals surface area contributed by atoms with E-state index in [4.69, 9.17) is 0 Å². The van der Waals surface area contributed by atoms with Crippen molar-refractivity contribution in [3.05, 3.63) is 41.7 Å². The van der Waals surface area contributed by atoms with E-state index in [0.717, 1.165) is 11.8 Å². The zero-order valence-corrected chi connectivity index (χ0v) is 8.00.